The first-order chi connectivity index (χ1) is 13.3. The van der Waals surface area contributed by atoms with Crippen LogP contribution in [0.3, 0.4) is 0 Å². The first-order valence-corrected chi connectivity index (χ1v) is 10.1. The van der Waals surface area contributed by atoms with Gasteiger partial charge in [0.2, 0.25) is 5.91 Å². The van der Waals surface area contributed by atoms with E-state index in [1.165, 1.54) is 12.1 Å². The number of carboxylic acid groups (broad SMARTS) is 1. The van der Waals surface area contributed by atoms with Gasteiger partial charge in [-0.25, -0.2) is 4.79 Å². The van der Waals surface area contributed by atoms with Crippen molar-refractivity contribution in [3.8, 4) is 0 Å². The third kappa shape index (κ3) is 3.18. The van der Waals surface area contributed by atoms with Crippen LogP contribution in [0.15, 0.2) is 53.0 Å². The molecule has 1 atom stereocenters. The van der Waals surface area contributed by atoms with Crippen LogP contribution in [0.1, 0.15) is 54.3 Å². The summed E-state index contributed by atoms with van der Waals surface area (Å²) in [7, 11) is 0. The fourth-order valence-corrected chi connectivity index (χ4v) is 5.06. The van der Waals surface area contributed by atoms with Gasteiger partial charge in [-0.2, -0.15) is 0 Å². The summed E-state index contributed by atoms with van der Waals surface area (Å²) < 4.78 is 0. The lowest BCUT2D eigenvalue weighted by Gasteiger charge is -2.42. The van der Waals surface area contributed by atoms with Crippen LogP contribution in [0.25, 0.3) is 0 Å². The first kappa shape index (κ1) is 18.6. The number of benzene rings is 1. The maximum atomic E-state index is 13.2. The maximum absolute atomic E-state index is 13.2. The lowest BCUT2D eigenvalue weighted by atomic mass is 9.70. The summed E-state index contributed by atoms with van der Waals surface area (Å²) in [6.07, 6.45) is 1.26. The maximum Gasteiger partial charge on any atom is 0.335 e. The number of carboxylic acids is 1. The zero-order valence-electron chi connectivity index (χ0n) is 15.8. The summed E-state index contributed by atoms with van der Waals surface area (Å²) in [5, 5.41) is 11.3. The molecule has 1 aliphatic heterocycles. The van der Waals surface area contributed by atoms with Gasteiger partial charge in [0.25, 0.3) is 0 Å². The molecule has 5 nitrogen and oxygen atoms in total. The van der Waals surface area contributed by atoms with Gasteiger partial charge in [0.1, 0.15) is 0 Å². The van der Waals surface area contributed by atoms with Crippen LogP contribution < -0.4 is 4.90 Å². The van der Waals surface area contributed by atoms with E-state index in [0.29, 0.717) is 24.1 Å². The molecule has 0 saturated carbocycles. The molecule has 28 heavy (non-hydrogen) atoms. The molecule has 0 radical (unpaired) electrons. The summed E-state index contributed by atoms with van der Waals surface area (Å²) in [5.41, 5.74) is 1.80. The molecule has 1 aromatic carbocycles. The summed E-state index contributed by atoms with van der Waals surface area (Å²) in [4.78, 5) is 40.3. The molecule has 1 aliphatic carbocycles. The molecule has 0 saturated heterocycles. The van der Waals surface area contributed by atoms with Crippen LogP contribution in [0, 0.1) is 5.41 Å². The molecule has 0 fully saturated rings. The number of carbonyl (C=O) groups is 3. The molecule has 2 aliphatic rings. The van der Waals surface area contributed by atoms with Gasteiger partial charge >= 0.3 is 5.97 Å². The Labute approximate surface area is 167 Å². The summed E-state index contributed by atoms with van der Waals surface area (Å²) in [6.45, 7) is 4.06. The number of rotatable bonds is 3. The normalized spacial score (nSPS) is 21.6. The van der Waals surface area contributed by atoms with E-state index >= 15 is 0 Å². The zero-order valence-corrected chi connectivity index (χ0v) is 16.6. The molecule has 1 amide bonds. The standard InChI is InChI=1S/C22H21NO4S/c1-22(2)11-16-20(17(24)12-22)15(18-7-4-8-28-18)10-19(25)23(16)14-6-3-5-13(9-14)21(26)27/h3-9,15H,10-12H2,1-2H3,(H,26,27). The van der Waals surface area contributed by atoms with Gasteiger partial charge in [0.05, 0.1) is 5.56 Å². The molecule has 0 bridgehead atoms. The number of thiophene rings is 1. The predicted molar refractivity (Wildman–Crippen MR) is 108 cm³/mol. The molecule has 0 spiro atoms. The highest BCUT2D eigenvalue weighted by Gasteiger charge is 2.44. The number of aromatic carboxylic acids is 1. The molecule has 4 rings (SSSR count). The van der Waals surface area contributed by atoms with Crippen LogP contribution in [0.4, 0.5) is 5.69 Å². The Hall–Kier alpha value is -2.73. The van der Waals surface area contributed by atoms with E-state index in [2.05, 4.69) is 0 Å². The quantitative estimate of drug-likeness (QED) is 0.823. The van der Waals surface area contributed by atoms with Crippen molar-refractivity contribution < 1.29 is 19.5 Å². The van der Waals surface area contributed by atoms with Crippen molar-refractivity contribution in [2.24, 2.45) is 5.41 Å². The van der Waals surface area contributed by atoms with Crippen LogP contribution in [-0.2, 0) is 9.59 Å². The Morgan fingerprint density at radius 1 is 1.18 bits per heavy atom. The molecule has 1 unspecified atom stereocenters. The average molecular weight is 395 g/mol. The molecule has 144 valence electrons. The fourth-order valence-electron chi connectivity index (χ4n) is 4.23. The number of carbonyl (C=O) groups excluding carboxylic acids is 2. The van der Waals surface area contributed by atoms with E-state index in [4.69, 9.17) is 0 Å². The minimum absolute atomic E-state index is 0.0801. The van der Waals surface area contributed by atoms with Crippen LogP contribution in [0.2, 0.25) is 0 Å². The van der Waals surface area contributed by atoms with Gasteiger partial charge in [0, 0.05) is 40.6 Å². The van der Waals surface area contributed by atoms with E-state index in [1.54, 1.807) is 28.4 Å². The summed E-state index contributed by atoms with van der Waals surface area (Å²) in [6, 6.07) is 10.3. The summed E-state index contributed by atoms with van der Waals surface area (Å²) >= 11 is 1.56. The largest absolute Gasteiger partial charge is 0.478 e. The van der Waals surface area contributed by atoms with Gasteiger partial charge in [0.15, 0.2) is 5.78 Å². The van der Waals surface area contributed by atoms with Crippen molar-refractivity contribution in [1.82, 2.24) is 0 Å². The van der Waals surface area contributed by atoms with Gasteiger partial charge in [-0.1, -0.05) is 26.0 Å². The second kappa shape index (κ2) is 6.71. The summed E-state index contributed by atoms with van der Waals surface area (Å²) in [5.74, 6) is -1.29. The van der Waals surface area contributed by atoms with Crippen molar-refractivity contribution in [2.75, 3.05) is 4.90 Å². The third-order valence-electron chi connectivity index (χ3n) is 5.38. The number of Topliss-reactive ketones (excluding diaryl/α,β-unsaturated/α-hetero) is 1. The average Bonchev–Trinajstić information content (AvgIpc) is 3.14. The fraction of sp³-hybridized carbons (Fsp3) is 0.318. The Bertz CT molecular complexity index is 1000. The molecule has 1 N–H and O–H groups in total. The van der Waals surface area contributed by atoms with Crippen LogP contribution in [-0.4, -0.2) is 22.8 Å². The zero-order chi connectivity index (χ0) is 20.1. The molecule has 2 aromatic rings. The molecular formula is C22H21NO4S. The minimum Gasteiger partial charge on any atom is -0.478 e. The number of hydrogen-bond acceptors (Lipinski definition) is 4. The molecule has 6 heteroatoms. The number of allylic oxidation sites excluding steroid dienone is 2. The first-order valence-electron chi connectivity index (χ1n) is 9.23. The number of hydrogen-bond donors (Lipinski definition) is 1. The lowest BCUT2D eigenvalue weighted by Crippen LogP contribution is -2.43. The van der Waals surface area contributed by atoms with E-state index in [-0.39, 0.29) is 35.0 Å². The van der Waals surface area contributed by atoms with Crippen molar-refractivity contribution in [1.29, 1.82) is 0 Å². The highest BCUT2D eigenvalue weighted by Crippen LogP contribution is 2.48. The molecule has 2 heterocycles. The topological polar surface area (TPSA) is 74.7 Å². The monoisotopic (exact) mass is 395 g/mol. The van der Waals surface area contributed by atoms with Crippen molar-refractivity contribution in [2.45, 2.75) is 39.0 Å². The molecular weight excluding hydrogens is 374 g/mol. The van der Waals surface area contributed by atoms with Gasteiger partial charge in [-0.05, 0) is 41.5 Å². The van der Waals surface area contributed by atoms with Gasteiger partial charge in [-0.15, -0.1) is 11.3 Å². The second-order valence-electron chi connectivity index (χ2n) is 8.16. The van der Waals surface area contributed by atoms with E-state index < -0.39 is 5.97 Å². The smallest absolute Gasteiger partial charge is 0.335 e. The number of nitrogens with zero attached hydrogens (tertiary/aromatic N) is 1. The van der Waals surface area contributed by atoms with Crippen LogP contribution in [0.5, 0.6) is 0 Å². The highest BCUT2D eigenvalue weighted by atomic mass is 32.1. The number of ketones is 1. The third-order valence-corrected chi connectivity index (χ3v) is 6.37. The Morgan fingerprint density at radius 2 is 1.96 bits per heavy atom. The van der Waals surface area contributed by atoms with Gasteiger partial charge < -0.3 is 5.11 Å². The number of amides is 1. The van der Waals surface area contributed by atoms with E-state index in [0.717, 1.165) is 10.6 Å². The predicted octanol–water partition coefficient (Wildman–Crippen LogP) is 4.61. The number of anilines is 1. The van der Waals surface area contributed by atoms with E-state index in [1.807, 2.05) is 31.4 Å². The van der Waals surface area contributed by atoms with E-state index in [9.17, 15) is 19.5 Å². The second-order valence-corrected chi connectivity index (χ2v) is 9.14. The Kier molecular flexibility index (Phi) is 4.46. The lowest BCUT2D eigenvalue weighted by molar-refractivity contribution is -0.120. The van der Waals surface area contributed by atoms with Crippen molar-refractivity contribution >= 4 is 34.7 Å². The van der Waals surface area contributed by atoms with Crippen molar-refractivity contribution in [3.05, 3.63) is 63.5 Å². The highest BCUT2D eigenvalue weighted by molar-refractivity contribution is 7.10. The SMILES string of the molecule is CC1(C)CC(=O)C2=C(C1)N(c1cccc(C(=O)O)c1)C(=O)CC2c1cccs1. The molecule has 1 aromatic heterocycles. The Balaban J connectivity index is 1.90. The van der Waals surface area contributed by atoms with Crippen LogP contribution >= 0.6 is 11.3 Å². The Morgan fingerprint density at radius 3 is 2.64 bits per heavy atom. The van der Waals surface area contributed by atoms with Gasteiger partial charge in [-0.3, -0.25) is 14.5 Å². The van der Waals surface area contributed by atoms with Crippen molar-refractivity contribution in [3.63, 3.8) is 0 Å². The minimum atomic E-state index is -1.04.